The van der Waals surface area contributed by atoms with Gasteiger partial charge in [-0.05, 0) is 43.1 Å². The highest BCUT2D eigenvalue weighted by Gasteiger charge is 1.93. The van der Waals surface area contributed by atoms with Gasteiger partial charge in [-0.15, -0.1) is 0 Å². The summed E-state index contributed by atoms with van der Waals surface area (Å²) in [5, 5.41) is 8.89. The summed E-state index contributed by atoms with van der Waals surface area (Å²) in [5.41, 5.74) is 13.3. The van der Waals surface area contributed by atoms with Gasteiger partial charge in [-0.3, -0.25) is 0 Å². The maximum absolute atomic E-state index is 8.89. The fraction of sp³-hybridized carbons (Fsp3) is 0.250. The van der Waals surface area contributed by atoms with Crippen molar-refractivity contribution >= 4 is 0 Å². The summed E-state index contributed by atoms with van der Waals surface area (Å²) in [4.78, 5) is 0. The largest absolute Gasteiger partial charge is 0.508 e. The quantitative estimate of drug-likeness (QED) is 0.792. The number of rotatable bonds is 3. The van der Waals surface area contributed by atoms with Crippen LogP contribution in [0.1, 0.15) is 24.1 Å². The predicted molar refractivity (Wildman–Crippen MR) is 79.9 cm³/mol. The number of phenolic OH excluding ortho intramolecular Hbond substituents is 1. The molecular weight excluding hydrogens is 236 g/mol. The van der Waals surface area contributed by atoms with Gasteiger partial charge in [0.15, 0.2) is 0 Å². The lowest BCUT2D eigenvalue weighted by Gasteiger charge is -2.02. The maximum atomic E-state index is 8.89. The Morgan fingerprint density at radius 1 is 1.00 bits per heavy atom. The van der Waals surface area contributed by atoms with Crippen molar-refractivity contribution < 1.29 is 5.11 Å². The van der Waals surface area contributed by atoms with Gasteiger partial charge in [0.1, 0.15) is 5.75 Å². The molecule has 1 unspecified atom stereocenters. The third-order valence-electron chi connectivity index (χ3n) is 2.69. The van der Waals surface area contributed by atoms with Gasteiger partial charge in [-0.2, -0.15) is 0 Å². The minimum absolute atomic E-state index is 0.159. The van der Waals surface area contributed by atoms with Gasteiger partial charge in [0.2, 0.25) is 0 Å². The van der Waals surface area contributed by atoms with Gasteiger partial charge in [0.25, 0.3) is 0 Å². The lowest BCUT2D eigenvalue weighted by atomic mass is 10.1. The van der Waals surface area contributed by atoms with Gasteiger partial charge in [0, 0.05) is 6.04 Å². The SMILES string of the molecule is CC(N)c1ccccc1.NCCc1ccc(O)cc1. The summed E-state index contributed by atoms with van der Waals surface area (Å²) in [6.07, 6.45) is 0.875. The smallest absolute Gasteiger partial charge is 0.115 e. The monoisotopic (exact) mass is 258 g/mol. The van der Waals surface area contributed by atoms with E-state index in [9.17, 15) is 0 Å². The Labute approximate surface area is 114 Å². The van der Waals surface area contributed by atoms with E-state index in [4.69, 9.17) is 16.6 Å². The van der Waals surface area contributed by atoms with Crippen molar-refractivity contribution in [2.24, 2.45) is 11.5 Å². The van der Waals surface area contributed by atoms with E-state index in [-0.39, 0.29) is 6.04 Å². The second kappa shape index (κ2) is 8.29. The van der Waals surface area contributed by atoms with Crippen LogP contribution in [-0.4, -0.2) is 11.7 Å². The molecule has 2 aromatic rings. The molecule has 0 fully saturated rings. The lowest BCUT2D eigenvalue weighted by molar-refractivity contribution is 0.475. The summed E-state index contributed by atoms with van der Waals surface area (Å²) < 4.78 is 0. The molecule has 0 heterocycles. The summed E-state index contributed by atoms with van der Waals surface area (Å²) >= 11 is 0. The number of hydrogen-bond donors (Lipinski definition) is 3. The summed E-state index contributed by atoms with van der Waals surface area (Å²) in [5.74, 6) is 0.306. The maximum Gasteiger partial charge on any atom is 0.115 e. The zero-order chi connectivity index (χ0) is 14.1. The van der Waals surface area contributed by atoms with Crippen LogP contribution in [0.4, 0.5) is 0 Å². The van der Waals surface area contributed by atoms with Crippen molar-refractivity contribution in [1.82, 2.24) is 0 Å². The zero-order valence-corrected chi connectivity index (χ0v) is 11.3. The van der Waals surface area contributed by atoms with Crippen LogP contribution in [0.25, 0.3) is 0 Å². The highest BCUT2D eigenvalue weighted by Crippen LogP contribution is 2.09. The first-order valence-electron chi connectivity index (χ1n) is 6.42. The Morgan fingerprint density at radius 3 is 2.00 bits per heavy atom. The average molecular weight is 258 g/mol. The van der Waals surface area contributed by atoms with E-state index >= 15 is 0 Å². The number of phenols is 1. The highest BCUT2D eigenvalue weighted by atomic mass is 16.3. The van der Waals surface area contributed by atoms with E-state index in [1.54, 1.807) is 12.1 Å². The van der Waals surface area contributed by atoms with Crippen LogP contribution in [0.5, 0.6) is 5.75 Å². The first-order chi connectivity index (χ1) is 9.13. The van der Waals surface area contributed by atoms with Crippen LogP contribution in [0.3, 0.4) is 0 Å². The number of benzene rings is 2. The average Bonchev–Trinajstić information content (AvgIpc) is 2.43. The van der Waals surface area contributed by atoms with Crippen LogP contribution in [-0.2, 0) is 6.42 Å². The standard InChI is InChI=1S/C8H11NO.C8H11N/c9-6-5-7-1-3-8(10)4-2-7;1-7(9)8-5-3-2-4-6-8/h1-4,10H,5-6,9H2;2-7H,9H2,1H3. The highest BCUT2D eigenvalue weighted by molar-refractivity contribution is 5.25. The Kier molecular flexibility index (Phi) is 6.64. The number of hydrogen-bond acceptors (Lipinski definition) is 3. The van der Waals surface area contributed by atoms with E-state index in [0.717, 1.165) is 6.42 Å². The molecule has 0 bridgehead atoms. The molecular formula is C16H22N2O. The van der Waals surface area contributed by atoms with Gasteiger partial charge in [-0.25, -0.2) is 0 Å². The second-order valence-electron chi connectivity index (χ2n) is 4.40. The molecule has 0 aliphatic carbocycles. The van der Waals surface area contributed by atoms with E-state index in [2.05, 4.69) is 0 Å². The van der Waals surface area contributed by atoms with Crippen molar-refractivity contribution in [2.45, 2.75) is 19.4 Å². The molecule has 1 atom stereocenters. The van der Waals surface area contributed by atoms with Crippen LogP contribution in [0.15, 0.2) is 54.6 Å². The van der Waals surface area contributed by atoms with Crippen molar-refractivity contribution in [3.05, 3.63) is 65.7 Å². The molecule has 0 amide bonds. The Balaban J connectivity index is 0.000000191. The molecule has 0 aliphatic heterocycles. The van der Waals surface area contributed by atoms with Crippen LogP contribution in [0.2, 0.25) is 0 Å². The first-order valence-corrected chi connectivity index (χ1v) is 6.42. The van der Waals surface area contributed by atoms with Crippen molar-refractivity contribution in [3.63, 3.8) is 0 Å². The van der Waals surface area contributed by atoms with Crippen LogP contribution in [0, 0.1) is 0 Å². The van der Waals surface area contributed by atoms with Gasteiger partial charge in [-0.1, -0.05) is 42.5 Å². The van der Waals surface area contributed by atoms with Crippen LogP contribution < -0.4 is 11.5 Å². The van der Waals surface area contributed by atoms with Gasteiger partial charge >= 0.3 is 0 Å². The Bertz CT molecular complexity index is 452. The van der Waals surface area contributed by atoms with Crippen molar-refractivity contribution in [1.29, 1.82) is 0 Å². The molecule has 2 aromatic carbocycles. The van der Waals surface area contributed by atoms with Crippen molar-refractivity contribution in [3.8, 4) is 5.75 Å². The minimum Gasteiger partial charge on any atom is -0.508 e. The van der Waals surface area contributed by atoms with E-state index in [1.165, 1.54) is 11.1 Å². The molecule has 3 nitrogen and oxygen atoms in total. The number of aromatic hydroxyl groups is 1. The molecule has 0 spiro atoms. The summed E-state index contributed by atoms with van der Waals surface area (Å²) in [6.45, 7) is 2.64. The number of nitrogens with two attached hydrogens (primary N) is 2. The third-order valence-corrected chi connectivity index (χ3v) is 2.69. The molecule has 0 saturated carbocycles. The molecule has 0 aliphatic rings. The summed E-state index contributed by atoms with van der Waals surface area (Å²) in [7, 11) is 0. The van der Waals surface area contributed by atoms with E-state index in [0.29, 0.717) is 12.3 Å². The molecule has 19 heavy (non-hydrogen) atoms. The molecule has 0 radical (unpaired) electrons. The lowest BCUT2D eigenvalue weighted by Crippen LogP contribution is -2.03. The third kappa shape index (κ3) is 6.04. The van der Waals surface area contributed by atoms with E-state index < -0.39 is 0 Å². The second-order valence-corrected chi connectivity index (χ2v) is 4.40. The Morgan fingerprint density at radius 2 is 1.58 bits per heavy atom. The predicted octanol–water partition coefficient (Wildman–Crippen LogP) is 2.60. The molecule has 5 N–H and O–H groups in total. The topological polar surface area (TPSA) is 72.3 Å². The molecule has 3 heteroatoms. The van der Waals surface area contributed by atoms with Gasteiger partial charge < -0.3 is 16.6 Å². The summed E-state index contributed by atoms with van der Waals surface area (Å²) in [6, 6.07) is 17.3. The molecule has 102 valence electrons. The minimum atomic E-state index is 0.159. The van der Waals surface area contributed by atoms with Crippen molar-refractivity contribution in [2.75, 3.05) is 6.54 Å². The molecule has 0 saturated heterocycles. The van der Waals surface area contributed by atoms with E-state index in [1.807, 2.05) is 49.4 Å². The van der Waals surface area contributed by atoms with Gasteiger partial charge in [0.05, 0.1) is 0 Å². The van der Waals surface area contributed by atoms with Crippen LogP contribution >= 0.6 is 0 Å². The Hall–Kier alpha value is -1.84. The zero-order valence-electron chi connectivity index (χ0n) is 11.3. The normalized spacial score (nSPS) is 11.3. The molecule has 2 rings (SSSR count). The molecule has 0 aromatic heterocycles. The fourth-order valence-corrected chi connectivity index (χ4v) is 1.59. The fourth-order valence-electron chi connectivity index (χ4n) is 1.59. The first kappa shape index (κ1) is 15.2.